The lowest BCUT2D eigenvalue weighted by Crippen LogP contribution is -2.65. The van der Waals surface area contributed by atoms with Crippen LogP contribution < -0.4 is 0 Å². The molecule has 1 heterocycles. The number of piperazine rings is 1. The van der Waals surface area contributed by atoms with Crippen LogP contribution in [0.4, 0.5) is 0 Å². The normalized spacial score (nSPS) is 25.9. The molecule has 4 heteroatoms. The maximum atomic E-state index is 12.3. The number of rotatable bonds is 4. The lowest BCUT2D eigenvalue weighted by Gasteiger charge is -2.49. The van der Waals surface area contributed by atoms with Gasteiger partial charge in [0.05, 0.1) is 11.6 Å². The van der Waals surface area contributed by atoms with Crippen molar-refractivity contribution < 1.29 is 9.90 Å². The molecule has 0 aliphatic carbocycles. The van der Waals surface area contributed by atoms with Crippen molar-refractivity contribution in [1.29, 1.82) is 0 Å². The Labute approximate surface area is 97.5 Å². The molecule has 1 aliphatic rings. The fraction of sp³-hybridized carbons (Fsp3) is 0.750. The summed E-state index contributed by atoms with van der Waals surface area (Å²) in [6, 6.07) is -0.196. The summed E-state index contributed by atoms with van der Waals surface area (Å²) in [6.07, 6.45) is 2.25. The largest absolute Gasteiger partial charge is 0.396 e. The maximum absolute atomic E-state index is 12.3. The van der Waals surface area contributed by atoms with E-state index in [1.807, 2.05) is 16.8 Å². The summed E-state index contributed by atoms with van der Waals surface area (Å²) in [6.45, 7) is 9.23. The number of nitrogens with zero attached hydrogens (tertiary/aromatic N) is 2. The summed E-state index contributed by atoms with van der Waals surface area (Å²) in [5, 5.41) is 8.98. The summed E-state index contributed by atoms with van der Waals surface area (Å²) in [5.74, 6) is 0.0905. The summed E-state index contributed by atoms with van der Waals surface area (Å²) >= 11 is 0. The van der Waals surface area contributed by atoms with E-state index >= 15 is 0 Å². The Balaban J connectivity index is 2.89. The number of likely N-dealkylation sites (N-methyl/N-ethyl adjacent to an activating group) is 1. The number of hydrogen-bond acceptors (Lipinski definition) is 3. The van der Waals surface area contributed by atoms with E-state index in [2.05, 4.69) is 20.4 Å². The molecule has 1 aliphatic heterocycles. The van der Waals surface area contributed by atoms with E-state index in [-0.39, 0.29) is 24.1 Å². The van der Waals surface area contributed by atoms with E-state index < -0.39 is 0 Å². The van der Waals surface area contributed by atoms with Gasteiger partial charge >= 0.3 is 0 Å². The summed E-state index contributed by atoms with van der Waals surface area (Å²) in [5.41, 5.74) is -0.175. The van der Waals surface area contributed by atoms with E-state index in [1.165, 1.54) is 0 Å². The highest BCUT2D eigenvalue weighted by Crippen LogP contribution is 2.25. The van der Waals surface area contributed by atoms with Crippen molar-refractivity contribution in [3.05, 3.63) is 12.7 Å². The number of aliphatic hydroxyl groups is 1. The quantitative estimate of drug-likeness (QED) is 0.709. The Morgan fingerprint density at radius 1 is 1.62 bits per heavy atom. The molecule has 92 valence electrons. The zero-order valence-electron chi connectivity index (χ0n) is 10.4. The van der Waals surface area contributed by atoms with E-state index in [0.717, 1.165) is 6.54 Å². The van der Waals surface area contributed by atoms with Crippen LogP contribution in [0.3, 0.4) is 0 Å². The average molecular weight is 226 g/mol. The highest BCUT2D eigenvalue weighted by Gasteiger charge is 2.42. The Bertz CT molecular complexity index is 276. The van der Waals surface area contributed by atoms with Crippen molar-refractivity contribution in [3.63, 3.8) is 0 Å². The van der Waals surface area contributed by atoms with Crippen LogP contribution in [0.15, 0.2) is 12.7 Å². The fourth-order valence-electron chi connectivity index (χ4n) is 2.40. The van der Waals surface area contributed by atoms with Crippen molar-refractivity contribution in [1.82, 2.24) is 9.80 Å². The van der Waals surface area contributed by atoms with Crippen LogP contribution in [-0.2, 0) is 4.79 Å². The number of aliphatic hydroxyl groups excluding tert-OH is 1. The highest BCUT2D eigenvalue weighted by molar-refractivity contribution is 5.83. The molecule has 0 aromatic rings. The minimum atomic E-state index is -0.196. The third-order valence-electron chi connectivity index (χ3n) is 3.16. The van der Waals surface area contributed by atoms with Crippen LogP contribution in [0.2, 0.25) is 0 Å². The van der Waals surface area contributed by atoms with Gasteiger partial charge in [0, 0.05) is 19.7 Å². The molecular weight excluding hydrogens is 204 g/mol. The lowest BCUT2D eigenvalue weighted by atomic mass is 9.94. The molecule has 0 radical (unpaired) electrons. The zero-order valence-corrected chi connectivity index (χ0v) is 10.4. The zero-order chi connectivity index (χ0) is 12.3. The SMILES string of the molecule is C=CCN1C(=O)C(CCO)N(C)CC1(C)C. The fourth-order valence-corrected chi connectivity index (χ4v) is 2.40. The van der Waals surface area contributed by atoms with Crippen molar-refractivity contribution in [3.8, 4) is 0 Å². The first-order valence-electron chi connectivity index (χ1n) is 5.67. The molecule has 0 saturated carbocycles. The first-order chi connectivity index (χ1) is 7.44. The summed E-state index contributed by atoms with van der Waals surface area (Å²) in [7, 11) is 1.94. The second-order valence-electron chi connectivity index (χ2n) is 4.99. The Kier molecular flexibility index (Phi) is 4.10. The van der Waals surface area contributed by atoms with Gasteiger partial charge in [-0.05, 0) is 27.3 Å². The van der Waals surface area contributed by atoms with E-state index in [0.29, 0.717) is 13.0 Å². The second-order valence-corrected chi connectivity index (χ2v) is 4.99. The highest BCUT2D eigenvalue weighted by atomic mass is 16.3. The smallest absolute Gasteiger partial charge is 0.240 e. The van der Waals surface area contributed by atoms with Gasteiger partial charge in [-0.25, -0.2) is 0 Å². The van der Waals surface area contributed by atoms with E-state index in [1.54, 1.807) is 6.08 Å². The molecule has 1 rings (SSSR count). The van der Waals surface area contributed by atoms with Gasteiger partial charge in [0.25, 0.3) is 0 Å². The molecule has 4 nitrogen and oxygen atoms in total. The molecule has 0 aromatic heterocycles. The molecule has 1 saturated heterocycles. The summed E-state index contributed by atoms with van der Waals surface area (Å²) < 4.78 is 0. The number of carbonyl (C=O) groups is 1. The molecule has 1 unspecified atom stereocenters. The summed E-state index contributed by atoms with van der Waals surface area (Å²) in [4.78, 5) is 16.1. The number of amides is 1. The van der Waals surface area contributed by atoms with Crippen LogP contribution in [0.5, 0.6) is 0 Å². The third kappa shape index (κ3) is 2.44. The first-order valence-corrected chi connectivity index (χ1v) is 5.67. The van der Waals surface area contributed by atoms with E-state index in [4.69, 9.17) is 5.11 Å². The molecular formula is C12H22N2O2. The first kappa shape index (κ1) is 13.2. The predicted octanol–water partition coefficient (Wildman–Crippen LogP) is 0.476. The van der Waals surface area contributed by atoms with Gasteiger partial charge in [0.1, 0.15) is 0 Å². The van der Waals surface area contributed by atoms with Crippen molar-refractivity contribution in [2.75, 3.05) is 26.7 Å². The van der Waals surface area contributed by atoms with Crippen molar-refractivity contribution in [2.45, 2.75) is 31.8 Å². The average Bonchev–Trinajstić information content (AvgIpc) is 2.18. The Morgan fingerprint density at radius 2 is 2.25 bits per heavy atom. The van der Waals surface area contributed by atoms with Crippen molar-refractivity contribution >= 4 is 5.91 Å². The molecule has 16 heavy (non-hydrogen) atoms. The van der Waals surface area contributed by atoms with Gasteiger partial charge in [-0.3, -0.25) is 9.69 Å². The minimum Gasteiger partial charge on any atom is -0.396 e. The molecule has 0 spiro atoms. The van der Waals surface area contributed by atoms with Gasteiger partial charge in [0.2, 0.25) is 5.91 Å². The topological polar surface area (TPSA) is 43.8 Å². The molecule has 0 bridgehead atoms. The second kappa shape index (κ2) is 4.97. The molecule has 1 amide bonds. The van der Waals surface area contributed by atoms with Crippen LogP contribution in [0.1, 0.15) is 20.3 Å². The van der Waals surface area contributed by atoms with Crippen LogP contribution in [-0.4, -0.2) is 59.1 Å². The molecule has 1 atom stereocenters. The van der Waals surface area contributed by atoms with Gasteiger partial charge in [-0.1, -0.05) is 6.08 Å². The lowest BCUT2D eigenvalue weighted by molar-refractivity contribution is -0.150. The van der Waals surface area contributed by atoms with Gasteiger partial charge < -0.3 is 10.0 Å². The van der Waals surface area contributed by atoms with Crippen LogP contribution >= 0.6 is 0 Å². The predicted molar refractivity (Wildman–Crippen MR) is 64.1 cm³/mol. The molecule has 1 fully saturated rings. The third-order valence-corrected chi connectivity index (χ3v) is 3.16. The standard InChI is InChI=1S/C12H22N2O2/c1-5-7-14-11(16)10(6-8-15)13(4)9-12(14,2)3/h5,10,15H,1,6-9H2,2-4H3. The number of hydrogen-bond donors (Lipinski definition) is 1. The van der Waals surface area contributed by atoms with Gasteiger partial charge in [-0.15, -0.1) is 6.58 Å². The van der Waals surface area contributed by atoms with E-state index in [9.17, 15) is 4.79 Å². The van der Waals surface area contributed by atoms with Gasteiger partial charge in [-0.2, -0.15) is 0 Å². The Hall–Kier alpha value is -0.870. The van der Waals surface area contributed by atoms with Crippen LogP contribution in [0.25, 0.3) is 0 Å². The minimum absolute atomic E-state index is 0.0447. The van der Waals surface area contributed by atoms with Crippen molar-refractivity contribution in [2.24, 2.45) is 0 Å². The monoisotopic (exact) mass is 226 g/mol. The Morgan fingerprint density at radius 3 is 2.75 bits per heavy atom. The maximum Gasteiger partial charge on any atom is 0.240 e. The number of carbonyl (C=O) groups excluding carboxylic acids is 1. The molecule has 0 aromatic carbocycles. The van der Waals surface area contributed by atoms with Gasteiger partial charge in [0.15, 0.2) is 0 Å². The van der Waals surface area contributed by atoms with Crippen LogP contribution in [0, 0.1) is 0 Å². The molecule has 1 N–H and O–H groups in total.